The molecule has 1 aromatic heterocycles. The molecule has 2 rings (SSSR count). The standard InChI is InChI=1S/C12H15N2/c1-11-7-3-6-10-14(11)12-8-4-5-9-13(12)2/h3-11H,1-2H3/q+1/t11-/m0/s1. The SMILES string of the molecule is C[C@H]1C=CC=CN1c1cccc[n+]1C. The van der Waals surface area contributed by atoms with E-state index in [9.17, 15) is 0 Å². The van der Waals surface area contributed by atoms with E-state index in [2.05, 4.69) is 66.2 Å². The zero-order valence-corrected chi connectivity index (χ0v) is 8.59. The number of pyridine rings is 1. The molecule has 0 saturated carbocycles. The van der Waals surface area contributed by atoms with Crippen LogP contribution in [0.3, 0.4) is 0 Å². The maximum Gasteiger partial charge on any atom is 0.281 e. The number of aryl methyl sites for hydroxylation is 1. The average molecular weight is 187 g/mol. The predicted molar refractivity (Wildman–Crippen MR) is 57.8 cm³/mol. The number of hydrogen-bond acceptors (Lipinski definition) is 1. The summed E-state index contributed by atoms with van der Waals surface area (Å²) in [6.45, 7) is 2.19. The molecule has 2 nitrogen and oxygen atoms in total. The molecule has 2 heterocycles. The van der Waals surface area contributed by atoms with Crippen LogP contribution in [0.5, 0.6) is 0 Å². The van der Waals surface area contributed by atoms with Gasteiger partial charge in [0.25, 0.3) is 5.82 Å². The van der Waals surface area contributed by atoms with Gasteiger partial charge < -0.3 is 0 Å². The summed E-state index contributed by atoms with van der Waals surface area (Å²) >= 11 is 0. The van der Waals surface area contributed by atoms with Gasteiger partial charge in [-0.2, -0.15) is 0 Å². The van der Waals surface area contributed by atoms with E-state index in [0.29, 0.717) is 6.04 Å². The Morgan fingerprint density at radius 3 is 2.86 bits per heavy atom. The highest BCUT2D eigenvalue weighted by Gasteiger charge is 2.20. The number of anilines is 1. The van der Waals surface area contributed by atoms with Gasteiger partial charge in [0, 0.05) is 6.07 Å². The fourth-order valence-electron chi connectivity index (χ4n) is 1.66. The fourth-order valence-corrected chi connectivity index (χ4v) is 1.66. The van der Waals surface area contributed by atoms with E-state index < -0.39 is 0 Å². The molecular formula is C12H15N2+. The summed E-state index contributed by atoms with van der Waals surface area (Å²) in [6, 6.07) is 6.65. The molecule has 0 aromatic carbocycles. The minimum absolute atomic E-state index is 0.425. The van der Waals surface area contributed by atoms with E-state index in [0.717, 1.165) is 0 Å². The Morgan fingerprint density at radius 2 is 2.14 bits per heavy atom. The van der Waals surface area contributed by atoms with Gasteiger partial charge in [-0.3, -0.25) is 0 Å². The molecule has 1 atom stereocenters. The lowest BCUT2D eigenvalue weighted by Crippen LogP contribution is -2.40. The van der Waals surface area contributed by atoms with Crippen LogP contribution in [-0.4, -0.2) is 6.04 Å². The Labute approximate surface area is 84.8 Å². The van der Waals surface area contributed by atoms with Crippen LogP contribution in [0.4, 0.5) is 5.82 Å². The number of rotatable bonds is 1. The predicted octanol–water partition coefficient (Wildman–Crippen LogP) is 1.79. The van der Waals surface area contributed by atoms with Crippen molar-refractivity contribution in [3.8, 4) is 0 Å². The molecule has 1 aromatic rings. The van der Waals surface area contributed by atoms with Gasteiger partial charge in [-0.15, -0.1) is 0 Å². The fraction of sp³-hybridized carbons (Fsp3) is 0.250. The Bertz CT molecular complexity index is 380. The average Bonchev–Trinajstić information content (AvgIpc) is 2.20. The lowest BCUT2D eigenvalue weighted by atomic mass is 10.2. The second kappa shape index (κ2) is 3.66. The lowest BCUT2D eigenvalue weighted by molar-refractivity contribution is -0.658. The molecule has 0 spiro atoms. The summed E-state index contributed by atoms with van der Waals surface area (Å²) in [6.07, 6.45) is 10.5. The molecule has 0 bridgehead atoms. The summed E-state index contributed by atoms with van der Waals surface area (Å²) < 4.78 is 2.12. The van der Waals surface area contributed by atoms with Gasteiger partial charge in [0.05, 0.1) is 19.4 Å². The quantitative estimate of drug-likeness (QED) is 0.608. The first-order valence-corrected chi connectivity index (χ1v) is 4.87. The van der Waals surface area contributed by atoms with Crippen LogP contribution in [0.2, 0.25) is 0 Å². The van der Waals surface area contributed by atoms with Crippen LogP contribution < -0.4 is 9.47 Å². The van der Waals surface area contributed by atoms with Crippen molar-refractivity contribution < 1.29 is 4.57 Å². The van der Waals surface area contributed by atoms with Crippen LogP contribution >= 0.6 is 0 Å². The van der Waals surface area contributed by atoms with Crippen molar-refractivity contribution in [1.29, 1.82) is 0 Å². The van der Waals surface area contributed by atoms with E-state index in [4.69, 9.17) is 0 Å². The Hall–Kier alpha value is -1.57. The first-order valence-electron chi connectivity index (χ1n) is 4.87. The van der Waals surface area contributed by atoms with Crippen molar-refractivity contribution >= 4 is 5.82 Å². The molecule has 0 N–H and O–H groups in total. The summed E-state index contributed by atoms with van der Waals surface area (Å²) in [7, 11) is 2.06. The van der Waals surface area contributed by atoms with Gasteiger partial charge >= 0.3 is 0 Å². The molecule has 14 heavy (non-hydrogen) atoms. The molecule has 0 fully saturated rings. The van der Waals surface area contributed by atoms with E-state index >= 15 is 0 Å². The first-order chi connectivity index (χ1) is 6.79. The highest BCUT2D eigenvalue weighted by Crippen LogP contribution is 2.15. The van der Waals surface area contributed by atoms with Crippen molar-refractivity contribution in [3.63, 3.8) is 0 Å². The van der Waals surface area contributed by atoms with Crippen molar-refractivity contribution in [2.75, 3.05) is 4.90 Å². The Kier molecular flexibility index (Phi) is 2.35. The number of aromatic nitrogens is 1. The molecule has 1 aliphatic rings. The molecule has 2 heteroatoms. The van der Waals surface area contributed by atoms with E-state index in [1.165, 1.54) is 5.82 Å². The van der Waals surface area contributed by atoms with E-state index in [1.54, 1.807) is 0 Å². The molecule has 72 valence electrons. The maximum absolute atomic E-state index is 2.25. The van der Waals surface area contributed by atoms with Crippen LogP contribution in [-0.2, 0) is 7.05 Å². The molecule has 0 aliphatic carbocycles. The lowest BCUT2D eigenvalue weighted by Gasteiger charge is -2.20. The summed E-state index contributed by atoms with van der Waals surface area (Å²) in [5.74, 6) is 1.21. The summed E-state index contributed by atoms with van der Waals surface area (Å²) in [4.78, 5) is 2.25. The van der Waals surface area contributed by atoms with E-state index in [1.807, 2.05) is 6.07 Å². The zero-order valence-electron chi connectivity index (χ0n) is 8.59. The molecule has 1 aliphatic heterocycles. The number of hydrogen-bond donors (Lipinski definition) is 0. The minimum atomic E-state index is 0.425. The maximum atomic E-state index is 2.25. The van der Waals surface area contributed by atoms with Crippen LogP contribution in [0.25, 0.3) is 0 Å². The molecule has 0 amide bonds. The zero-order chi connectivity index (χ0) is 9.97. The summed E-state index contributed by atoms with van der Waals surface area (Å²) in [5.41, 5.74) is 0. The van der Waals surface area contributed by atoms with Crippen molar-refractivity contribution in [2.45, 2.75) is 13.0 Å². The van der Waals surface area contributed by atoms with Crippen LogP contribution in [0.1, 0.15) is 6.92 Å². The second-order valence-corrected chi connectivity index (χ2v) is 3.54. The van der Waals surface area contributed by atoms with Gasteiger partial charge in [-0.05, 0) is 25.1 Å². The Balaban J connectivity index is 2.36. The van der Waals surface area contributed by atoms with Gasteiger partial charge in [-0.25, -0.2) is 9.47 Å². The minimum Gasteiger partial charge on any atom is -0.237 e. The second-order valence-electron chi connectivity index (χ2n) is 3.54. The van der Waals surface area contributed by atoms with Crippen molar-refractivity contribution in [3.05, 3.63) is 48.8 Å². The topological polar surface area (TPSA) is 7.12 Å². The Morgan fingerprint density at radius 1 is 1.29 bits per heavy atom. The highest BCUT2D eigenvalue weighted by atomic mass is 15.2. The van der Waals surface area contributed by atoms with Gasteiger partial charge in [0.1, 0.15) is 6.04 Å². The third-order valence-corrected chi connectivity index (χ3v) is 2.48. The van der Waals surface area contributed by atoms with Crippen molar-refractivity contribution in [1.82, 2.24) is 0 Å². The van der Waals surface area contributed by atoms with Gasteiger partial charge in [-0.1, -0.05) is 12.1 Å². The largest absolute Gasteiger partial charge is 0.281 e. The third kappa shape index (κ3) is 1.55. The van der Waals surface area contributed by atoms with Gasteiger partial charge in [0.15, 0.2) is 0 Å². The molecule has 0 saturated heterocycles. The van der Waals surface area contributed by atoms with Gasteiger partial charge in [0.2, 0.25) is 0 Å². The molecule has 0 radical (unpaired) electrons. The van der Waals surface area contributed by atoms with Crippen LogP contribution in [0, 0.1) is 0 Å². The molecule has 0 unspecified atom stereocenters. The van der Waals surface area contributed by atoms with Crippen LogP contribution in [0.15, 0.2) is 48.8 Å². The van der Waals surface area contributed by atoms with Crippen molar-refractivity contribution in [2.24, 2.45) is 7.05 Å². The highest BCUT2D eigenvalue weighted by molar-refractivity contribution is 5.43. The van der Waals surface area contributed by atoms with E-state index in [-0.39, 0.29) is 0 Å². The smallest absolute Gasteiger partial charge is 0.237 e. The summed E-state index contributed by atoms with van der Waals surface area (Å²) in [5, 5.41) is 0. The third-order valence-electron chi connectivity index (χ3n) is 2.48. The first kappa shape index (κ1) is 9.00. The normalized spacial score (nSPS) is 20.1. The number of nitrogens with zero attached hydrogens (tertiary/aromatic N) is 2. The monoisotopic (exact) mass is 187 g/mol. The number of allylic oxidation sites excluding steroid dienone is 2. The molecular weight excluding hydrogens is 172 g/mol.